The van der Waals surface area contributed by atoms with Crippen LogP contribution in [-0.2, 0) is 9.59 Å². The first-order valence-electron chi connectivity index (χ1n) is 14.2. The van der Waals surface area contributed by atoms with E-state index in [2.05, 4.69) is 27.7 Å². The molecule has 5 aliphatic rings. The zero-order chi connectivity index (χ0) is 27.3. The Bertz CT molecular complexity index is 1040. The van der Waals surface area contributed by atoms with Crippen LogP contribution in [0.25, 0.3) is 0 Å². The summed E-state index contributed by atoms with van der Waals surface area (Å²) in [6.07, 6.45) is 4.09. The van der Waals surface area contributed by atoms with Crippen LogP contribution in [0.15, 0.2) is 11.1 Å². The summed E-state index contributed by atoms with van der Waals surface area (Å²) in [5.41, 5.74) is -0.0655. The van der Waals surface area contributed by atoms with Gasteiger partial charge in [-0.3, -0.25) is 9.59 Å². The number of halogens is 1. The third-order valence-corrected chi connectivity index (χ3v) is 13.0. The summed E-state index contributed by atoms with van der Waals surface area (Å²) in [6, 6.07) is 0. The standard InChI is InChI=1S/C30H45ClO6/c1-26(2)10-11-30(25(36)37)9-6-17-22(18(30)13-26)16(15-31)12-21-27(17,3)8-7-20-28(21,4)14-19(32)23(33)29(20,5)24(34)35/h16,18-21,23,32-33H,6-15H2,1-5H3,(H,34,35)(H,36,37)/t16-,18-,19-,20+,21-,23-,27+,28+,29-,30+/m0/s1. The summed E-state index contributed by atoms with van der Waals surface area (Å²) in [5.74, 6) is -1.43. The topological polar surface area (TPSA) is 115 Å². The van der Waals surface area contributed by atoms with Gasteiger partial charge in [0.15, 0.2) is 0 Å². The van der Waals surface area contributed by atoms with Gasteiger partial charge >= 0.3 is 11.9 Å². The Morgan fingerprint density at radius 1 is 0.919 bits per heavy atom. The Balaban J connectivity index is 1.65. The van der Waals surface area contributed by atoms with Gasteiger partial charge in [-0.1, -0.05) is 38.8 Å². The van der Waals surface area contributed by atoms with Crippen LogP contribution in [0.1, 0.15) is 92.4 Å². The molecule has 0 unspecified atom stereocenters. The lowest BCUT2D eigenvalue weighted by Crippen LogP contribution is -2.67. The largest absolute Gasteiger partial charge is 0.481 e. The highest BCUT2D eigenvalue weighted by Crippen LogP contribution is 2.72. The Morgan fingerprint density at radius 3 is 2.19 bits per heavy atom. The van der Waals surface area contributed by atoms with Crippen LogP contribution in [0, 0.1) is 50.7 Å². The van der Waals surface area contributed by atoms with Gasteiger partial charge in [0.2, 0.25) is 0 Å². The molecule has 208 valence electrons. The van der Waals surface area contributed by atoms with E-state index in [4.69, 9.17) is 11.6 Å². The third kappa shape index (κ3) is 3.50. The Labute approximate surface area is 225 Å². The summed E-state index contributed by atoms with van der Waals surface area (Å²) in [4.78, 5) is 25.4. The molecule has 5 rings (SSSR count). The lowest BCUT2D eigenvalue weighted by atomic mass is 9.37. The number of rotatable bonds is 3. The van der Waals surface area contributed by atoms with E-state index in [1.54, 1.807) is 6.92 Å². The maximum Gasteiger partial charge on any atom is 0.312 e. The van der Waals surface area contributed by atoms with Crippen LogP contribution in [0.2, 0.25) is 0 Å². The number of carbonyl (C=O) groups is 2. The zero-order valence-electron chi connectivity index (χ0n) is 23.0. The van der Waals surface area contributed by atoms with Crippen molar-refractivity contribution in [2.24, 2.45) is 50.7 Å². The van der Waals surface area contributed by atoms with Gasteiger partial charge in [0, 0.05) is 5.88 Å². The number of carboxylic acids is 2. The fourth-order valence-corrected chi connectivity index (χ4v) is 10.9. The van der Waals surface area contributed by atoms with Crippen LogP contribution in [0.3, 0.4) is 0 Å². The quantitative estimate of drug-likeness (QED) is 0.280. The number of aliphatic carboxylic acids is 2. The average molecular weight is 537 g/mol. The first kappa shape index (κ1) is 27.5. The predicted octanol–water partition coefficient (Wildman–Crippen LogP) is 5.49. The molecule has 6 nitrogen and oxygen atoms in total. The van der Waals surface area contributed by atoms with Gasteiger partial charge in [-0.2, -0.15) is 0 Å². The molecule has 3 fully saturated rings. The Kier molecular flexibility index (Phi) is 6.27. The fourth-order valence-electron chi connectivity index (χ4n) is 10.6. The van der Waals surface area contributed by atoms with E-state index in [-0.39, 0.29) is 34.5 Å². The molecule has 0 spiro atoms. The molecule has 0 aromatic carbocycles. The molecule has 0 aliphatic heterocycles. The highest BCUT2D eigenvalue weighted by Gasteiger charge is 2.69. The number of carboxylic acid groups (broad SMARTS) is 2. The molecule has 3 saturated carbocycles. The highest BCUT2D eigenvalue weighted by molar-refractivity contribution is 6.18. The molecule has 5 aliphatic carbocycles. The van der Waals surface area contributed by atoms with Crippen molar-refractivity contribution in [3.8, 4) is 0 Å². The smallest absolute Gasteiger partial charge is 0.312 e. The molecule has 0 saturated heterocycles. The van der Waals surface area contributed by atoms with Crippen molar-refractivity contribution in [1.82, 2.24) is 0 Å². The number of hydrogen-bond donors (Lipinski definition) is 4. The first-order valence-corrected chi connectivity index (χ1v) is 14.7. The summed E-state index contributed by atoms with van der Waals surface area (Å²) in [5, 5.41) is 42.7. The lowest BCUT2D eigenvalue weighted by molar-refractivity contribution is -0.225. The SMILES string of the molecule is CC1(C)CC[C@]2(C(=O)O)CCC3=C([C@H](CCl)C[C@@H]4[C@]5(C)C[C@H](O)[C@H](O)[C@@](C)(C(=O)O)[C@@H]5CC[C@]34C)[C@@H]2C1. The van der Waals surface area contributed by atoms with E-state index < -0.39 is 40.4 Å². The van der Waals surface area contributed by atoms with E-state index in [9.17, 15) is 30.0 Å². The van der Waals surface area contributed by atoms with Crippen LogP contribution in [0.4, 0.5) is 0 Å². The lowest BCUT2D eigenvalue weighted by Gasteiger charge is -2.67. The summed E-state index contributed by atoms with van der Waals surface area (Å²) in [6.45, 7) is 10.6. The molecule has 0 heterocycles. The number of allylic oxidation sites excluding steroid dienone is 2. The monoisotopic (exact) mass is 536 g/mol. The second-order valence-electron chi connectivity index (χ2n) is 14.8. The van der Waals surface area contributed by atoms with E-state index in [1.807, 2.05) is 0 Å². The molecule has 4 N–H and O–H groups in total. The Hall–Kier alpha value is -1.11. The fraction of sp³-hybridized carbons (Fsp3) is 0.867. The maximum atomic E-state index is 12.8. The molecule has 37 heavy (non-hydrogen) atoms. The molecule has 0 amide bonds. The summed E-state index contributed by atoms with van der Waals surface area (Å²) >= 11 is 6.72. The molecule has 0 radical (unpaired) electrons. The summed E-state index contributed by atoms with van der Waals surface area (Å²) in [7, 11) is 0. The number of aliphatic hydroxyl groups excluding tert-OH is 2. The molecule has 0 aromatic rings. The van der Waals surface area contributed by atoms with Crippen molar-refractivity contribution >= 4 is 23.5 Å². The normalized spacial score (nSPS) is 50.8. The minimum absolute atomic E-state index is 0.0207. The minimum Gasteiger partial charge on any atom is -0.481 e. The van der Waals surface area contributed by atoms with Crippen molar-refractivity contribution in [2.45, 2.75) is 105 Å². The molecule has 0 bridgehead atoms. The zero-order valence-corrected chi connectivity index (χ0v) is 23.8. The van der Waals surface area contributed by atoms with Crippen molar-refractivity contribution in [2.75, 3.05) is 5.88 Å². The number of aliphatic hydroxyl groups is 2. The van der Waals surface area contributed by atoms with Crippen LogP contribution in [-0.4, -0.2) is 50.5 Å². The van der Waals surface area contributed by atoms with E-state index in [1.165, 1.54) is 11.1 Å². The number of fused-ring (bicyclic) bond motifs is 6. The Morgan fingerprint density at radius 2 is 1.59 bits per heavy atom. The van der Waals surface area contributed by atoms with Crippen molar-refractivity contribution in [3.63, 3.8) is 0 Å². The predicted molar refractivity (Wildman–Crippen MR) is 141 cm³/mol. The van der Waals surface area contributed by atoms with Crippen molar-refractivity contribution in [3.05, 3.63) is 11.1 Å². The molecule has 0 aromatic heterocycles. The van der Waals surface area contributed by atoms with Gasteiger partial charge in [-0.05, 0) is 105 Å². The van der Waals surface area contributed by atoms with Crippen molar-refractivity contribution in [1.29, 1.82) is 0 Å². The van der Waals surface area contributed by atoms with Gasteiger partial charge in [-0.25, -0.2) is 0 Å². The van der Waals surface area contributed by atoms with E-state index >= 15 is 0 Å². The maximum absolute atomic E-state index is 12.8. The van der Waals surface area contributed by atoms with Gasteiger partial charge < -0.3 is 20.4 Å². The first-order chi connectivity index (χ1) is 17.1. The second kappa shape index (κ2) is 8.44. The van der Waals surface area contributed by atoms with E-state index in [0.717, 1.165) is 32.1 Å². The van der Waals surface area contributed by atoms with Crippen LogP contribution >= 0.6 is 11.6 Å². The molecule has 7 heteroatoms. The summed E-state index contributed by atoms with van der Waals surface area (Å²) < 4.78 is 0. The molecule has 10 atom stereocenters. The molecular formula is C30H45ClO6. The van der Waals surface area contributed by atoms with Gasteiger partial charge in [0.05, 0.1) is 23.0 Å². The van der Waals surface area contributed by atoms with Gasteiger partial charge in [0.1, 0.15) is 0 Å². The van der Waals surface area contributed by atoms with Crippen molar-refractivity contribution < 1.29 is 30.0 Å². The number of hydrogen-bond acceptors (Lipinski definition) is 4. The second-order valence-corrected chi connectivity index (χ2v) is 15.1. The highest BCUT2D eigenvalue weighted by atomic mass is 35.5. The van der Waals surface area contributed by atoms with Crippen LogP contribution < -0.4 is 0 Å². The average Bonchev–Trinajstić information content (AvgIpc) is 2.81. The minimum atomic E-state index is -1.42. The third-order valence-electron chi connectivity index (χ3n) is 12.6. The van der Waals surface area contributed by atoms with Gasteiger partial charge in [0.25, 0.3) is 0 Å². The van der Waals surface area contributed by atoms with Crippen LogP contribution in [0.5, 0.6) is 0 Å². The molecular weight excluding hydrogens is 492 g/mol. The van der Waals surface area contributed by atoms with E-state index in [0.29, 0.717) is 31.6 Å². The van der Waals surface area contributed by atoms with Gasteiger partial charge in [-0.15, -0.1) is 11.6 Å². The number of alkyl halides is 1.